The van der Waals surface area contributed by atoms with E-state index in [0.717, 1.165) is 0 Å². The minimum atomic E-state index is -3.78. The lowest BCUT2D eigenvalue weighted by molar-refractivity contribution is 0.616. The molecular formula is C5H9ClN2O2S. The van der Waals surface area contributed by atoms with Crippen LogP contribution in [0.4, 0.5) is 0 Å². The van der Waals surface area contributed by atoms with Crippen LogP contribution in [0.3, 0.4) is 0 Å². The lowest BCUT2D eigenvalue weighted by Crippen LogP contribution is -2.08. The number of hydrogen-bond donors (Lipinski definition) is 2. The Kier molecular flexibility index (Phi) is 3.54. The van der Waals surface area contributed by atoms with Gasteiger partial charge in [-0.3, -0.25) is 0 Å². The molecule has 11 heavy (non-hydrogen) atoms. The Morgan fingerprint density at radius 2 is 2.09 bits per heavy atom. The van der Waals surface area contributed by atoms with Gasteiger partial charge in [-0.2, -0.15) is 0 Å². The van der Waals surface area contributed by atoms with Crippen LogP contribution in [-0.2, 0) is 9.05 Å². The summed E-state index contributed by atoms with van der Waals surface area (Å²) < 4.78 is 21.4. The van der Waals surface area contributed by atoms with Crippen molar-refractivity contribution in [3.63, 3.8) is 0 Å². The number of halogens is 1. The van der Waals surface area contributed by atoms with E-state index in [1.807, 2.05) is 0 Å². The average molecular weight is 197 g/mol. The highest BCUT2D eigenvalue weighted by Gasteiger charge is 2.15. The van der Waals surface area contributed by atoms with E-state index in [1.165, 1.54) is 20.2 Å². The molecule has 64 valence electrons. The van der Waals surface area contributed by atoms with E-state index in [2.05, 4.69) is 5.32 Å². The van der Waals surface area contributed by atoms with E-state index in [4.69, 9.17) is 16.1 Å². The molecule has 0 saturated heterocycles. The molecule has 0 saturated carbocycles. The lowest BCUT2D eigenvalue weighted by atomic mass is 10.4. The van der Waals surface area contributed by atoms with Crippen LogP contribution in [0.5, 0.6) is 0 Å². The predicted octanol–water partition coefficient (Wildman–Crippen LogP) is 0.655. The van der Waals surface area contributed by atoms with Crippen molar-refractivity contribution < 1.29 is 8.42 Å². The van der Waals surface area contributed by atoms with Gasteiger partial charge in [0.15, 0.2) is 0 Å². The van der Waals surface area contributed by atoms with E-state index in [9.17, 15) is 8.42 Å². The summed E-state index contributed by atoms with van der Waals surface area (Å²) >= 11 is 0. The minimum absolute atomic E-state index is 0.0886. The van der Waals surface area contributed by atoms with Gasteiger partial charge in [0, 0.05) is 29.6 Å². The largest absolute Gasteiger partial charge is 0.393 e. The maximum Gasteiger partial charge on any atom is 0.264 e. The van der Waals surface area contributed by atoms with E-state index < -0.39 is 9.05 Å². The summed E-state index contributed by atoms with van der Waals surface area (Å²) in [6, 6.07) is 0. The van der Waals surface area contributed by atoms with Gasteiger partial charge in [-0.25, -0.2) is 8.42 Å². The van der Waals surface area contributed by atoms with Crippen LogP contribution in [-0.4, -0.2) is 21.2 Å². The molecule has 0 aromatic heterocycles. The fourth-order valence-corrected chi connectivity index (χ4v) is 1.60. The molecule has 0 fully saturated rings. The maximum atomic E-state index is 10.7. The molecule has 0 amide bonds. The predicted molar refractivity (Wildman–Crippen MR) is 45.3 cm³/mol. The van der Waals surface area contributed by atoms with Gasteiger partial charge in [-0.15, -0.1) is 0 Å². The fraction of sp³-hybridized carbons (Fsp3) is 0.400. The van der Waals surface area contributed by atoms with E-state index >= 15 is 0 Å². The van der Waals surface area contributed by atoms with Crippen molar-refractivity contribution in [2.24, 2.45) is 0 Å². The molecule has 0 aliphatic rings. The molecule has 0 aliphatic heterocycles. The van der Waals surface area contributed by atoms with Crippen molar-refractivity contribution >= 4 is 25.4 Å². The highest BCUT2D eigenvalue weighted by Crippen LogP contribution is 2.11. The number of nitrogens with one attached hydrogen (secondary N) is 2. The first kappa shape index (κ1) is 10.4. The van der Waals surface area contributed by atoms with Crippen molar-refractivity contribution in [3.8, 4) is 0 Å². The van der Waals surface area contributed by atoms with Gasteiger partial charge in [0.2, 0.25) is 0 Å². The lowest BCUT2D eigenvalue weighted by Gasteiger charge is -1.99. The molecule has 6 heteroatoms. The third kappa shape index (κ3) is 3.38. The molecule has 0 spiro atoms. The molecule has 0 radical (unpaired) electrons. The molecule has 0 heterocycles. The molecule has 0 aliphatic carbocycles. The SMILES string of the molecule is CN/C=C(\C(C)=N)S(=O)(=O)Cl. The monoisotopic (exact) mass is 196 g/mol. The number of rotatable bonds is 3. The van der Waals surface area contributed by atoms with E-state index in [1.54, 1.807) is 0 Å². The third-order valence-corrected chi connectivity index (χ3v) is 2.36. The summed E-state index contributed by atoms with van der Waals surface area (Å²) in [5.74, 6) is 0. The Labute approximate surface area is 70.2 Å². The Balaban J connectivity index is 4.95. The van der Waals surface area contributed by atoms with Crippen LogP contribution in [0.15, 0.2) is 11.1 Å². The van der Waals surface area contributed by atoms with Crippen molar-refractivity contribution in [1.29, 1.82) is 5.41 Å². The molecule has 0 bridgehead atoms. The van der Waals surface area contributed by atoms with Crippen molar-refractivity contribution in [2.75, 3.05) is 7.05 Å². The van der Waals surface area contributed by atoms with Crippen LogP contribution >= 0.6 is 10.7 Å². The Morgan fingerprint density at radius 1 is 1.64 bits per heavy atom. The fourth-order valence-electron chi connectivity index (χ4n) is 0.493. The minimum Gasteiger partial charge on any atom is -0.393 e. The zero-order chi connectivity index (χ0) is 9.07. The van der Waals surface area contributed by atoms with Crippen LogP contribution < -0.4 is 5.32 Å². The average Bonchev–Trinajstić information content (AvgIpc) is 1.79. The Hall–Kier alpha value is -0.550. The zero-order valence-electron chi connectivity index (χ0n) is 6.18. The van der Waals surface area contributed by atoms with E-state index in [-0.39, 0.29) is 10.6 Å². The van der Waals surface area contributed by atoms with Crippen LogP contribution in [0.2, 0.25) is 0 Å². The molecule has 0 aromatic carbocycles. The number of allylic oxidation sites excluding steroid dienone is 1. The second-order valence-electron chi connectivity index (χ2n) is 1.86. The summed E-state index contributed by atoms with van der Waals surface area (Å²) in [5, 5.41) is 9.53. The van der Waals surface area contributed by atoms with Crippen molar-refractivity contribution in [2.45, 2.75) is 6.92 Å². The topological polar surface area (TPSA) is 70.0 Å². The van der Waals surface area contributed by atoms with Gasteiger partial charge in [-0.1, -0.05) is 0 Å². The summed E-state index contributed by atoms with van der Waals surface area (Å²) in [6.07, 6.45) is 1.17. The smallest absolute Gasteiger partial charge is 0.264 e. The summed E-state index contributed by atoms with van der Waals surface area (Å²) in [4.78, 5) is -0.207. The van der Waals surface area contributed by atoms with Gasteiger partial charge in [0.1, 0.15) is 4.91 Å². The van der Waals surface area contributed by atoms with Crippen molar-refractivity contribution in [3.05, 3.63) is 11.1 Å². The quantitative estimate of drug-likeness (QED) is 0.515. The molecule has 0 aromatic rings. The molecule has 4 nitrogen and oxygen atoms in total. The highest BCUT2D eigenvalue weighted by atomic mass is 35.7. The second-order valence-corrected chi connectivity index (χ2v) is 4.39. The van der Waals surface area contributed by atoms with Gasteiger partial charge >= 0.3 is 0 Å². The third-order valence-electron chi connectivity index (χ3n) is 0.908. The molecule has 0 rings (SSSR count). The Morgan fingerprint density at radius 3 is 2.18 bits per heavy atom. The van der Waals surface area contributed by atoms with Crippen LogP contribution in [0, 0.1) is 5.41 Å². The normalized spacial score (nSPS) is 12.8. The summed E-state index contributed by atoms with van der Waals surface area (Å²) in [6.45, 7) is 1.35. The molecule has 0 atom stereocenters. The standard InChI is InChI=1S/C5H9ClN2O2S/c1-4(7)5(3-8-2)11(6,9)10/h3,7-8H,1-2H3/b5-3+,7-4?. The van der Waals surface area contributed by atoms with Gasteiger partial charge < -0.3 is 10.7 Å². The maximum absolute atomic E-state index is 10.7. The van der Waals surface area contributed by atoms with Crippen LogP contribution in [0.1, 0.15) is 6.92 Å². The second kappa shape index (κ2) is 3.73. The number of hydrogen-bond acceptors (Lipinski definition) is 4. The summed E-state index contributed by atoms with van der Waals surface area (Å²) in [7, 11) is 2.75. The zero-order valence-corrected chi connectivity index (χ0v) is 7.75. The van der Waals surface area contributed by atoms with Gasteiger partial charge in [0.25, 0.3) is 9.05 Å². The van der Waals surface area contributed by atoms with Crippen molar-refractivity contribution in [1.82, 2.24) is 5.32 Å². The van der Waals surface area contributed by atoms with Gasteiger partial charge in [0.05, 0.1) is 0 Å². The summed E-state index contributed by atoms with van der Waals surface area (Å²) in [5.41, 5.74) is -0.0886. The first-order chi connectivity index (χ1) is 4.89. The van der Waals surface area contributed by atoms with Crippen LogP contribution in [0.25, 0.3) is 0 Å². The van der Waals surface area contributed by atoms with E-state index in [0.29, 0.717) is 0 Å². The Bertz CT molecular complexity index is 281. The molecule has 0 unspecified atom stereocenters. The van der Waals surface area contributed by atoms with Gasteiger partial charge in [-0.05, 0) is 6.92 Å². The highest BCUT2D eigenvalue weighted by molar-refractivity contribution is 8.17. The molecule has 2 N–H and O–H groups in total. The molecular weight excluding hydrogens is 188 g/mol. The first-order valence-corrected chi connectivity index (χ1v) is 5.08. The first-order valence-electron chi connectivity index (χ1n) is 2.77.